The lowest BCUT2D eigenvalue weighted by atomic mass is 9.46. The SMILES string of the molecule is C[C@H]1C[C@H]2[C@@H]3CCC4=CC(=O)C=C[C@]4(C)[C@H]3[C@@H](O)C[C@]2(C)[C@@]1(O)C(=O)C(=O)O. The van der Waals surface area contributed by atoms with Crippen molar-refractivity contribution in [2.24, 2.45) is 34.5 Å². The zero-order valence-corrected chi connectivity index (χ0v) is 16.5. The van der Waals surface area contributed by atoms with Gasteiger partial charge in [-0.2, -0.15) is 0 Å². The highest BCUT2D eigenvalue weighted by atomic mass is 16.4. The summed E-state index contributed by atoms with van der Waals surface area (Å²) < 4.78 is 0. The predicted molar refractivity (Wildman–Crippen MR) is 100 cm³/mol. The highest BCUT2D eigenvalue weighted by Gasteiger charge is 2.71. The molecule has 8 atom stereocenters. The van der Waals surface area contributed by atoms with Gasteiger partial charge in [-0.05, 0) is 55.6 Å². The number of aliphatic hydroxyl groups excluding tert-OH is 1. The topological polar surface area (TPSA) is 112 Å². The summed E-state index contributed by atoms with van der Waals surface area (Å²) in [4.78, 5) is 35.9. The number of hydrogen-bond donors (Lipinski definition) is 3. The summed E-state index contributed by atoms with van der Waals surface area (Å²) in [6.45, 7) is 5.56. The van der Waals surface area contributed by atoms with Crippen molar-refractivity contribution in [3.05, 3.63) is 23.8 Å². The van der Waals surface area contributed by atoms with Gasteiger partial charge in [0.1, 0.15) is 5.60 Å². The Morgan fingerprint density at radius 3 is 2.57 bits per heavy atom. The zero-order chi connectivity index (χ0) is 20.6. The van der Waals surface area contributed by atoms with Gasteiger partial charge in [0, 0.05) is 16.7 Å². The molecule has 6 nitrogen and oxygen atoms in total. The standard InChI is InChI=1S/C22H28O6/c1-11-8-15-14-5-4-12-9-13(23)6-7-20(12,2)17(14)16(24)10-21(15,3)22(11,28)18(25)19(26)27/h6-7,9,11,14-17,24,28H,4-5,8,10H2,1-3H3,(H,26,27)/t11-,14-,15-,16-,17+,20-,21-,22-/m0/s1. The second kappa shape index (κ2) is 5.86. The van der Waals surface area contributed by atoms with Crippen LogP contribution in [0.15, 0.2) is 23.8 Å². The second-order valence-electron chi connectivity index (χ2n) is 9.75. The van der Waals surface area contributed by atoms with Gasteiger partial charge in [0.05, 0.1) is 6.10 Å². The van der Waals surface area contributed by atoms with E-state index in [-0.39, 0.29) is 30.0 Å². The molecular weight excluding hydrogens is 360 g/mol. The third-order valence-electron chi connectivity index (χ3n) is 8.62. The Labute approximate surface area is 164 Å². The molecular formula is C22H28O6. The lowest BCUT2D eigenvalue weighted by Crippen LogP contribution is -2.63. The van der Waals surface area contributed by atoms with Gasteiger partial charge in [0.2, 0.25) is 0 Å². The zero-order valence-electron chi connectivity index (χ0n) is 16.5. The number of Topliss-reactive ketones (excluding diaryl/α,β-unsaturated/α-hetero) is 1. The van der Waals surface area contributed by atoms with E-state index < -0.39 is 40.2 Å². The number of hydrogen-bond acceptors (Lipinski definition) is 5. The quantitative estimate of drug-likeness (QED) is 0.623. The van der Waals surface area contributed by atoms with E-state index in [1.54, 1.807) is 26.0 Å². The number of fused-ring (bicyclic) bond motifs is 5. The van der Waals surface area contributed by atoms with Gasteiger partial charge in [-0.25, -0.2) is 4.79 Å². The van der Waals surface area contributed by atoms with Gasteiger partial charge >= 0.3 is 5.97 Å². The Kier molecular flexibility index (Phi) is 4.09. The van der Waals surface area contributed by atoms with Crippen LogP contribution in [0.1, 0.15) is 46.5 Å². The normalized spacial score (nSPS) is 49.7. The molecule has 0 aromatic heterocycles. The summed E-state index contributed by atoms with van der Waals surface area (Å²) >= 11 is 0. The number of aliphatic hydroxyl groups is 2. The Hall–Kier alpha value is -1.79. The molecule has 152 valence electrons. The molecule has 0 heterocycles. The lowest BCUT2D eigenvalue weighted by molar-refractivity contribution is -0.187. The molecule has 0 radical (unpaired) electrons. The van der Waals surface area contributed by atoms with Crippen LogP contribution in [0.5, 0.6) is 0 Å². The monoisotopic (exact) mass is 388 g/mol. The number of allylic oxidation sites excluding steroid dienone is 4. The van der Waals surface area contributed by atoms with E-state index >= 15 is 0 Å². The van der Waals surface area contributed by atoms with E-state index in [1.165, 1.54) is 0 Å². The number of aliphatic carboxylic acids is 1. The van der Waals surface area contributed by atoms with E-state index in [4.69, 9.17) is 0 Å². The van der Waals surface area contributed by atoms with Crippen LogP contribution in [-0.4, -0.2) is 44.6 Å². The van der Waals surface area contributed by atoms with Crippen LogP contribution in [0, 0.1) is 34.5 Å². The number of carbonyl (C=O) groups excluding carboxylic acids is 2. The van der Waals surface area contributed by atoms with Crippen LogP contribution < -0.4 is 0 Å². The second-order valence-corrected chi connectivity index (χ2v) is 9.75. The van der Waals surface area contributed by atoms with Crippen molar-refractivity contribution in [1.82, 2.24) is 0 Å². The molecule has 4 rings (SSSR count). The van der Waals surface area contributed by atoms with Gasteiger partial charge < -0.3 is 15.3 Å². The fraction of sp³-hybridized carbons (Fsp3) is 0.682. The smallest absolute Gasteiger partial charge is 0.375 e. The molecule has 3 N–H and O–H groups in total. The number of rotatable bonds is 2. The van der Waals surface area contributed by atoms with Crippen molar-refractivity contribution in [2.75, 3.05) is 0 Å². The molecule has 28 heavy (non-hydrogen) atoms. The van der Waals surface area contributed by atoms with E-state index in [1.807, 2.05) is 6.08 Å². The van der Waals surface area contributed by atoms with Gasteiger partial charge in [-0.3, -0.25) is 9.59 Å². The average molecular weight is 388 g/mol. The molecule has 6 heteroatoms. The van der Waals surface area contributed by atoms with Crippen LogP contribution in [0.4, 0.5) is 0 Å². The van der Waals surface area contributed by atoms with E-state index in [2.05, 4.69) is 6.92 Å². The fourth-order valence-electron chi connectivity index (χ4n) is 7.31. The summed E-state index contributed by atoms with van der Waals surface area (Å²) in [5.74, 6) is -3.45. The first-order valence-electron chi connectivity index (χ1n) is 10.1. The maximum atomic E-state index is 12.5. The lowest BCUT2D eigenvalue weighted by Gasteiger charge is -2.59. The maximum Gasteiger partial charge on any atom is 0.375 e. The molecule has 3 saturated carbocycles. The van der Waals surface area contributed by atoms with Crippen LogP contribution in [0.2, 0.25) is 0 Å². The number of ketones is 2. The third kappa shape index (κ3) is 2.19. The maximum absolute atomic E-state index is 12.5. The van der Waals surface area contributed by atoms with Crippen LogP contribution in [0.25, 0.3) is 0 Å². The Morgan fingerprint density at radius 1 is 1.25 bits per heavy atom. The highest BCUT2D eigenvalue weighted by Crippen LogP contribution is 2.68. The summed E-state index contributed by atoms with van der Waals surface area (Å²) in [6, 6.07) is 0. The minimum atomic E-state index is -1.98. The van der Waals surface area contributed by atoms with Crippen molar-refractivity contribution >= 4 is 17.5 Å². The number of carbonyl (C=O) groups is 3. The summed E-state index contributed by atoms with van der Waals surface area (Å²) in [7, 11) is 0. The molecule has 0 aromatic carbocycles. The van der Waals surface area contributed by atoms with Gasteiger partial charge in [-0.15, -0.1) is 0 Å². The molecule has 0 aliphatic heterocycles. The minimum Gasteiger partial charge on any atom is -0.475 e. The number of carboxylic acid groups (broad SMARTS) is 1. The molecule has 0 saturated heterocycles. The van der Waals surface area contributed by atoms with Crippen molar-refractivity contribution in [1.29, 1.82) is 0 Å². The molecule has 3 fully saturated rings. The average Bonchev–Trinajstić information content (AvgIpc) is 2.82. The summed E-state index contributed by atoms with van der Waals surface area (Å²) in [5, 5.41) is 31.9. The number of carboxylic acids is 1. The van der Waals surface area contributed by atoms with E-state index in [0.29, 0.717) is 6.42 Å². The van der Waals surface area contributed by atoms with Crippen molar-refractivity contribution in [3.8, 4) is 0 Å². The third-order valence-corrected chi connectivity index (χ3v) is 8.62. The first-order valence-corrected chi connectivity index (χ1v) is 10.1. The van der Waals surface area contributed by atoms with E-state index in [0.717, 1.165) is 18.4 Å². The van der Waals surface area contributed by atoms with Crippen molar-refractivity contribution in [3.63, 3.8) is 0 Å². The largest absolute Gasteiger partial charge is 0.475 e. The molecule has 4 aliphatic carbocycles. The van der Waals surface area contributed by atoms with E-state index in [9.17, 15) is 29.7 Å². The molecule has 4 aliphatic rings. The molecule has 0 amide bonds. The van der Waals surface area contributed by atoms with Crippen LogP contribution in [-0.2, 0) is 14.4 Å². The van der Waals surface area contributed by atoms with Gasteiger partial charge in [-0.1, -0.05) is 32.4 Å². The first kappa shape index (κ1) is 19.5. The molecule has 0 spiro atoms. The van der Waals surface area contributed by atoms with Crippen molar-refractivity contribution < 1.29 is 29.7 Å². The van der Waals surface area contributed by atoms with Gasteiger partial charge in [0.15, 0.2) is 5.78 Å². The Balaban J connectivity index is 1.78. The Morgan fingerprint density at radius 2 is 1.93 bits per heavy atom. The minimum absolute atomic E-state index is 0.0306. The predicted octanol–water partition coefficient (Wildman–Crippen LogP) is 1.90. The molecule has 0 unspecified atom stereocenters. The highest BCUT2D eigenvalue weighted by molar-refractivity contribution is 6.36. The fourth-order valence-corrected chi connectivity index (χ4v) is 7.31. The van der Waals surface area contributed by atoms with Crippen LogP contribution in [0.3, 0.4) is 0 Å². The Bertz CT molecular complexity index is 827. The molecule has 0 aromatic rings. The first-order chi connectivity index (χ1) is 13.0. The summed E-state index contributed by atoms with van der Waals surface area (Å²) in [6.07, 6.45) is 6.56. The van der Waals surface area contributed by atoms with Gasteiger partial charge in [0.25, 0.3) is 5.78 Å². The van der Waals surface area contributed by atoms with Crippen molar-refractivity contribution in [2.45, 2.75) is 58.2 Å². The summed E-state index contributed by atoms with van der Waals surface area (Å²) in [5.41, 5.74) is -2.37. The molecule has 0 bridgehead atoms. The van der Waals surface area contributed by atoms with Crippen LogP contribution >= 0.6 is 0 Å².